The van der Waals surface area contributed by atoms with Crippen LogP contribution in [0.25, 0.3) is 0 Å². The van der Waals surface area contributed by atoms with Gasteiger partial charge < -0.3 is 10.6 Å². The number of amides is 1. The molecule has 0 aromatic carbocycles. The average Bonchev–Trinajstić information content (AvgIpc) is 2.96. The van der Waals surface area contributed by atoms with E-state index < -0.39 is 0 Å². The van der Waals surface area contributed by atoms with Crippen LogP contribution in [0, 0.1) is 17.8 Å². The molecule has 3 heteroatoms. The van der Waals surface area contributed by atoms with Crippen molar-refractivity contribution in [2.45, 2.75) is 51.0 Å². The van der Waals surface area contributed by atoms with E-state index in [0.717, 1.165) is 44.7 Å². The average molecular weight is 236 g/mol. The van der Waals surface area contributed by atoms with Crippen LogP contribution in [0.2, 0.25) is 0 Å². The lowest BCUT2D eigenvalue weighted by atomic mass is 9.79. The van der Waals surface area contributed by atoms with Crippen LogP contribution in [0.3, 0.4) is 0 Å². The number of hydrogen-bond acceptors (Lipinski definition) is 2. The summed E-state index contributed by atoms with van der Waals surface area (Å²) >= 11 is 0. The summed E-state index contributed by atoms with van der Waals surface area (Å²) in [5, 5.41) is 0. The van der Waals surface area contributed by atoms with Crippen LogP contribution < -0.4 is 5.73 Å². The minimum absolute atomic E-state index is 0.351. The van der Waals surface area contributed by atoms with E-state index in [9.17, 15) is 4.79 Å². The van der Waals surface area contributed by atoms with Crippen LogP contribution in [0.15, 0.2) is 0 Å². The third-order valence-corrected chi connectivity index (χ3v) is 5.11. The quantitative estimate of drug-likeness (QED) is 0.754. The molecule has 1 amide bonds. The Balaban J connectivity index is 1.61. The summed E-state index contributed by atoms with van der Waals surface area (Å²) in [5.74, 6) is 2.25. The number of nitrogens with two attached hydrogens (primary N) is 1. The van der Waals surface area contributed by atoms with Crippen LogP contribution in [0.5, 0.6) is 0 Å². The van der Waals surface area contributed by atoms with Crippen LogP contribution in [0.1, 0.15) is 44.9 Å². The van der Waals surface area contributed by atoms with Crippen LogP contribution in [-0.2, 0) is 4.79 Å². The summed E-state index contributed by atoms with van der Waals surface area (Å²) in [6.07, 6.45) is 8.30. The Kier molecular flexibility index (Phi) is 3.12. The Bertz CT molecular complexity index is 299. The van der Waals surface area contributed by atoms with Crippen molar-refractivity contribution in [1.29, 1.82) is 0 Å². The smallest absolute Gasteiger partial charge is 0.225 e. The van der Waals surface area contributed by atoms with Gasteiger partial charge in [0.1, 0.15) is 0 Å². The summed E-state index contributed by atoms with van der Waals surface area (Å²) in [7, 11) is 0. The van der Waals surface area contributed by atoms with Gasteiger partial charge in [0.25, 0.3) is 0 Å². The first-order valence-electron chi connectivity index (χ1n) is 7.28. The molecule has 0 aromatic rings. The fourth-order valence-electron chi connectivity index (χ4n) is 4.08. The lowest BCUT2D eigenvalue weighted by Crippen LogP contribution is -2.34. The van der Waals surface area contributed by atoms with Crippen molar-refractivity contribution in [1.82, 2.24) is 4.90 Å². The van der Waals surface area contributed by atoms with Crippen molar-refractivity contribution in [2.75, 3.05) is 13.1 Å². The molecule has 0 radical (unpaired) electrons. The molecule has 1 aliphatic heterocycles. The highest BCUT2D eigenvalue weighted by atomic mass is 16.2. The highest BCUT2D eigenvalue weighted by molar-refractivity contribution is 5.79. The van der Waals surface area contributed by atoms with Gasteiger partial charge >= 0.3 is 0 Å². The van der Waals surface area contributed by atoms with E-state index in [0.29, 0.717) is 23.8 Å². The third-order valence-electron chi connectivity index (χ3n) is 5.11. The molecule has 1 heterocycles. The van der Waals surface area contributed by atoms with Crippen LogP contribution in [0.4, 0.5) is 0 Å². The molecule has 17 heavy (non-hydrogen) atoms. The van der Waals surface area contributed by atoms with Gasteiger partial charge in [0.05, 0.1) is 0 Å². The normalized spacial score (nSPS) is 38.4. The molecule has 3 fully saturated rings. The number of hydrogen-bond donors (Lipinski definition) is 1. The zero-order chi connectivity index (χ0) is 11.8. The molecule has 3 rings (SSSR count). The van der Waals surface area contributed by atoms with E-state index in [1.54, 1.807) is 0 Å². The van der Waals surface area contributed by atoms with Crippen molar-refractivity contribution in [3.05, 3.63) is 0 Å². The maximum absolute atomic E-state index is 12.4. The topological polar surface area (TPSA) is 46.3 Å². The van der Waals surface area contributed by atoms with Crippen molar-refractivity contribution in [3.8, 4) is 0 Å². The van der Waals surface area contributed by atoms with Gasteiger partial charge in [-0.15, -0.1) is 0 Å². The Morgan fingerprint density at radius 1 is 1.00 bits per heavy atom. The number of likely N-dealkylation sites (tertiary alicyclic amines) is 1. The summed E-state index contributed by atoms with van der Waals surface area (Å²) < 4.78 is 0. The SMILES string of the molecule is NC1CC[C@@H]2CN(C(=O)C3CCCC3)C[C@@H]2C1. The molecule has 2 saturated carbocycles. The summed E-state index contributed by atoms with van der Waals surface area (Å²) in [5.41, 5.74) is 6.03. The van der Waals surface area contributed by atoms with Crippen molar-refractivity contribution in [3.63, 3.8) is 0 Å². The zero-order valence-corrected chi connectivity index (χ0v) is 10.6. The molecule has 0 spiro atoms. The maximum atomic E-state index is 12.4. The summed E-state index contributed by atoms with van der Waals surface area (Å²) in [4.78, 5) is 14.5. The molecule has 1 saturated heterocycles. The van der Waals surface area contributed by atoms with Gasteiger partial charge in [-0.25, -0.2) is 0 Å². The van der Waals surface area contributed by atoms with E-state index in [4.69, 9.17) is 5.73 Å². The largest absolute Gasteiger partial charge is 0.342 e. The Hall–Kier alpha value is -0.570. The van der Waals surface area contributed by atoms with Gasteiger partial charge in [-0.3, -0.25) is 4.79 Å². The van der Waals surface area contributed by atoms with Gasteiger partial charge in [-0.1, -0.05) is 12.8 Å². The van der Waals surface area contributed by atoms with E-state index >= 15 is 0 Å². The molecule has 0 bridgehead atoms. The Labute approximate surface area is 104 Å². The molecular weight excluding hydrogens is 212 g/mol. The van der Waals surface area contributed by atoms with Crippen LogP contribution in [-0.4, -0.2) is 29.9 Å². The second kappa shape index (κ2) is 4.60. The Morgan fingerprint density at radius 3 is 2.47 bits per heavy atom. The zero-order valence-electron chi connectivity index (χ0n) is 10.6. The van der Waals surface area contributed by atoms with Crippen LogP contribution >= 0.6 is 0 Å². The molecular formula is C14H24N2O. The van der Waals surface area contributed by atoms with Gasteiger partial charge in [0.2, 0.25) is 5.91 Å². The number of carbonyl (C=O) groups excluding carboxylic acids is 1. The fourth-order valence-corrected chi connectivity index (χ4v) is 4.08. The van der Waals surface area contributed by atoms with Gasteiger partial charge in [0, 0.05) is 25.0 Å². The van der Waals surface area contributed by atoms with Gasteiger partial charge in [-0.05, 0) is 43.9 Å². The maximum Gasteiger partial charge on any atom is 0.225 e. The second-order valence-corrected chi connectivity index (χ2v) is 6.32. The van der Waals surface area contributed by atoms with E-state index in [1.807, 2.05) is 0 Å². The monoisotopic (exact) mass is 236 g/mol. The minimum Gasteiger partial charge on any atom is -0.342 e. The second-order valence-electron chi connectivity index (χ2n) is 6.32. The first kappa shape index (κ1) is 11.5. The van der Waals surface area contributed by atoms with E-state index in [-0.39, 0.29) is 0 Å². The summed E-state index contributed by atoms with van der Waals surface area (Å²) in [6.45, 7) is 2.01. The lowest BCUT2D eigenvalue weighted by Gasteiger charge is -2.27. The number of carbonyl (C=O) groups is 1. The van der Waals surface area contributed by atoms with Crippen molar-refractivity contribution < 1.29 is 4.79 Å². The van der Waals surface area contributed by atoms with Crippen molar-refractivity contribution in [2.24, 2.45) is 23.5 Å². The highest BCUT2D eigenvalue weighted by Crippen LogP contribution is 2.37. The predicted octanol–water partition coefficient (Wildman–Crippen LogP) is 1.76. The highest BCUT2D eigenvalue weighted by Gasteiger charge is 2.40. The third kappa shape index (κ3) is 2.22. The molecule has 3 aliphatic rings. The van der Waals surface area contributed by atoms with E-state index in [2.05, 4.69) is 4.90 Å². The number of fused-ring (bicyclic) bond motifs is 1. The van der Waals surface area contributed by atoms with Gasteiger partial charge in [0.15, 0.2) is 0 Å². The minimum atomic E-state index is 0.351. The van der Waals surface area contributed by atoms with Gasteiger partial charge in [-0.2, -0.15) is 0 Å². The molecule has 2 aliphatic carbocycles. The molecule has 96 valence electrons. The standard InChI is InChI=1S/C14H24N2O/c15-13-6-5-11-8-16(9-12(11)7-13)14(17)10-3-1-2-4-10/h10-13H,1-9,15H2/t11-,12+,13?/m1/s1. The van der Waals surface area contributed by atoms with E-state index in [1.165, 1.54) is 19.3 Å². The molecule has 0 aromatic heterocycles. The lowest BCUT2D eigenvalue weighted by molar-refractivity contribution is -0.134. The number of rotatable bonds is 1. The first-order chi connectivity index (χ1) is 8.24. The molecule has 1 unspecified atom stereocenters. The first-order valence-corrected chi connectivity index (χ1v) is 7.28. The Morgan fingerprint density at radius 2 is 1.71 bits per heavy atom. The molecule has 2 N–H and O–H groups in total. The van der Waals surface area contributed by atoms with Crippen molar-refractivity contribution >= 4 is 5.91 Å². The molecule has 3 nitrogen and oxygen atoms in total. The predicted molar refractivity (Wildman–Crippen MR) is 67.3 cm³/mol. The molecule has 3 atom stereocenters. The number of nitrogens with zero attached hydrogens (tertiary/aromatic N) is 1. The fraction of sp³-hybridized carbons (Fsp3) is 0.929. The summed E-state index contributed by atoms with van der Waals surface area (Å²) in [6, 6.07) is 0.387.